The van der Waals surface area contributed by atoms with Crippen LogP contribution in [0.15, 0.2) is 17.5 Å². The number of ether oxygens (including phenoxy) is 1. The second kappa shape index (κ2) is 7.93. The monoisotopic (exact) mass is 336 g/mol. The molecule has 1 aromatic rings. The maximum atomic E-state index is 12.6. The average Bonchev–Trinajstić information content (AvgIpc) is 2.96. The lowest BCUT2D eigenvalue weighted by Gasteiger charge is -2.28. The van der Waals surface area contributed by atoms with Gasteiger partial charge in [-0.05, 0) is 30.7 Å². The molecule has 5 nitrogen and oxygen atoms in total. The highest BCUT2D eigenvalue weighted by Crippen LogP contribution is 2.19. The first-order valence-electron chi connectivity index (χ1n) is 8.41. The van der Waals surface area contributed by atoms with Crippen LogP contribution in [0.2, 0.25) is 0 Å². The van der Waals surface area contributed by atoms with Crippen molar-refractivity contribution in [3.8, 4) is 0 Å². The molecule has 0 radical (unpaired) electrons. The van der Waals surface area contributed by atoms with E-state index in [0.29, 0.717) is 32.7 Å². The van der Waals surface area contributed by atoms with Gasteiger partial charge in [0.25, 0.3) is 0 Å². The largest absolute Gasteiger partial charge is 0.381 e. The predicted octanol–water partition coefficient (Wildman–Crippen LogP) is 1.78. The van der Waals surface area contributed by atoms with Crippen molar-refractivity contribution < 1.29 is 14.3 Å². The molecule has 2 aliphatic rings. The molecule has 2 fully saturated rings. The first-order chi connectivity index (χ1) is 11.2. The molecule has 0 bridgehead atoms. The number of thiophene rings is 1. The molecule has 0 spiro atoms. The van der Waals surface area contributed by atoms with E-state index in [1.54, 1.807) is 11.3 Å². The van der Waals surface area contributed by atoms with Gasteiger partial charge in [-0.15, -0.1) is 11.3 Å². The molecular formula is C17H24N2O3S. The maximum absolute atomic E-state index is 12.6. The zero-order valence-electron chi connectivity index (χ0n) is 13.4. The fourth-order valence-electron chi connectivity index (χ4n) is 3.26. The fourth-order valence-corrected chi connectivity index (χ4v) is 3.96. The minimum Gasteiger partial charge on any atom is -0.381 e. The van der Waals surface area contributed by atoms with Gasteiger partial charge in [-0.2, -0.15) is 0 Å². The minimum atomic E-state index is 0.108. The van der Waals surface area contributed by atoms with Crippen molar-refractivity contribution in [3.63, 3.8) is 0 Å². The van der Waals surface area contributed by atoms with Crippen molar-refractivity contribution in [1.29, 1.82) is 0 Å². The highest BCUT2D eigenvalue weighted by Gasteiger charge is 2.28. The Labute approximate surface area is 141 Å². The quantitative estimate of drug-likeness (QED) is 0.845. The van der Waals surface area contributed by atoms with Gasteiger partial charge < -0.3 is 14.5 Å². The number of rotatable bonds is 3. The van der Waals surface area contributed by atoms with E-state index >= 15 is 0 Å². The van der Waals surface area contributed by atoms with Gasteiger partial charge in [0.05, 0.1) is 6.42 Å². The van der Waals surface area contributed by atoms with Crippen LogP contribution >= 0.6 is 11.3 Å². The third-order valence-corrected chi connectivity index (χ3v) is 5.51. The summed E-state index contributed by atoms with van der Waals surface area (Å²) in [6.45, 7) is 4.21. The van der Waals surface area contributed by atoms with E-state index in [1.807, 2.05) is 27.3 Å². The van der Waals surface area contributed by atoms with Gasteiger partial charge in [0.1, 0.15) is 0 Å². The Morgan fingerprint density at radius 2 is 1.87 bits per heavy atom. The van der Waals surface area contributed by atoms with Gasteiger partial charge in [0.15, 0.2) is 0 Å². The lowest BCUT2D eigenvalue weighted by Crippen LogP contribution is -2.41. The Hall–Kier alpha value is -1.40. The van der Waals surface area contributed by atoms with E-state index < -0.39 is 0 Å². The number of hydrogen-bond acceptors (Lipinski definition) is 4. The van der Waals surface area contributed by atoms with Crippen molar-refractivity contribution in [2.45, 2.75) is 25.7 Å². The van der Waals surface area contributed by atoms with E-state index in [2.05, 4.69) is 0 Å². The number of carbonyl (C=O) groups is 2. The van der Waals surface area contributed by atoms with Crippen LogP contribution in [-0.2, 0) is 20.7 Å². The Bertz CT molecular complexity index is 526. The molecule has 0 N–H and O–H groups in total. The topological polar surface area (TPSA) is 49.9 Å². The maximum Gasteiger partial charge on any atom is 0.227 e. The summed E-state index contributed by atoms with van der Waals surface area (Å²) in [6.07, 6.45) is 3.00. The van der Waals surface area contributed by atoms with Crippen molar-refractivity contribution in [2.24, 2.45) is 5.92 Å². The second-order valence-electron chi connectivity index (χ2n) is 6.20. The Morgan fingerprint density at radius 1 is 1.13 bits per heavy atom. The van der Waals surface area contributed by atoms with Crippen LogP contribution in [0.25, 0.3) is 0 Å². The van der Waals surface area contributed by atoms with Gasteiger partial charge in [-0.3, -0.25) is 9.59 Å². The molecule has 3 heterocycles. The third kappa shape index (κ3) is 4.32. The third-order valence-electron chi connectivity index (χ3n) is 4.64. The summed E-state index contributed by atoms with van der Waals surface area (Å²) < 4.78 is 5.34. The van der Waals surface area contributed by atoms with Crippen LogP contribution in [-0.4, -0.2) is 61.0 Å². The summed E-state index contributed by atoms with van der Waals surface area (Å²) in [5.41, 5.74) is 0. The normalized spacial score (nSPS) is 20.3. The van der Waals surface area contributed by atoms with Gasteiger partial charge in [-0.25, -0.2) is 0 Å². The van der Waals surface area contributed by atoms with Gasteiger partial charge >= 0.3 is 0 Å². The molecule has 0 aliphatic carbocycles. The van der Waals surface area contributed by atoms with Gasteiger partial charge in [-0.1, -0.05) is 6.07 Å². The van der Waals surface area contributed by atoms with E-state index in [-0.39, 0.29) is 17.7 Å². The van der Waals surface area contributed by atoms with Crippen LogP contribution in [0.1, 0.15) is 24.1 Å². The molecule has 0 saturated carbocycles. The van der Waals surface area contributed by atoms with Gasteiger partial charge in [0.2, 0.25) is 11.8 Å². The predicted molar refractivity (Wildman–Crippen MR) is 89.3 cm³/mol. The molecule has 6 heteroatoms. The van der Waals surface area contributed by atoms with Crippen molar-refractivity contribution in [3.05, 3.63) is 22.4 Å². The number of hydrogen-bond donors (Lipinski definition) is 0. The fraction of sp³-hybridized carbons (Fsp3) is 0.647. The Morgan fingerprint density at radius 3 is 2.61 bits per heavy atom. The van der Waals surface area contributed by atoms with E-state index in [0.717, 1.165) is 37.2 Å². The van der Waals surface area contributed by atoms with Gasteiger partial charge in [0, 0.05) is 50.2 Å². The summed E-state index contributed by atoms with van der Waals surface area (Å²) in [5.74, 6) is 0.533. The van der Waals surface area contributed by atoms with Crippen LogP contribution in [0, 0.1) is 5.92 Å². The molecule has 2 aliphatic heterocycles. The molecule has 0 aromatic carbocycles. The zero-order chi connectivity index (χ0) is 16.1. The number of carbonyl (C=O) groups excluding carboxylic acids is 2. The first-order valence-corrected chi connectivity index (χ1v) is 9.28. The molecular weight excluding hydrogens is 312 g/mol. The molecule has 23 heavy (non-hydrogen) atoms. The van der Waals surface area contributed by atoms with Crippen LogP contribution in [0.4, 0.5) is 0 Å². The molecule has 2 amide bonds. The van der Waals surface area contributed by atoms with Crippen molar-refractivity contribution in [2.75, 3.05) is 39.4 Å². The highest BCUT2D eigenvalue weighted by atomic mass is 32.1. The lowest BCUT2D eigenvalue weighted by molar-refractivity contribution is -0.139. The number of nitrogens with zero attached hydrogens (tertiary/aromatic N) is 2. The van der Waals surface area contributed by atoms with Crippen molar-refractivity contribution >= 4 is 23.2 Å². The summed E-state index contributed by atoms with van der Waals surface area (Å²) in [4.78, 5) is 30.0. The molecule has 3 rings (SSSR count). The second-order valence-corrected chi connectivity index (χ2v) is 7.23. The van der Waals surface area contributed by atoms with E-state index in [9.17, 15) is 9.59 Å². The minimum absolute atomic E-state index is 0.108. The first kappa shape index (κ1) is 16.5. The van der Waals surface area contributed by atoms with Crippen LogP contribution in [0.5, 0.6) is 0 Å². The van der Waals surface area contributed by atoms with E-state index in [4.69, 9.17) is 4.74 Å². The molecule has 0 unspecified atom stereocenters. The molecule has 0 atom stereocenters. The summed E-state index contributed by atoms with van der Waals surface area (Å²) in [6, 6.07) is 3.98. The molecule has 126 valence electrons. The standard InChI is InChI=1S/C17H24N2O3S/c20-16(13-15-3-1-12-23-15)18-6-2-7-19(9-8-18)17(21)14-4-10-22-11-5-14/h1,3,12,14H,2,4-11,13H2. The van der Waals surface area contributed by atoms with Crippen LogP contribution < -0.4 is 0 Å². The summed E-state index contributed by atoms with van der Waals surface area (Å²) in [5, 5.41) is 2.00. The number of amides is 2. The van der Waals surface area contributed by atoms with Crippen molar-refractivity contribution in [1.82, 2.24) is 9.80 Å². The SMILES string of the molecule is O=C(Cc1cccs1)N1CCCN(C(=O)C2CCOCC2)CC1. The lowest BCUT2D eigenvalue weighted by atomic mass is 9.98. The molecule has 1 aromatic heterocycles. The Kier molecular flexibility index (Phi) is 5.67. The summed E-state index contributed by atoms with van der Waals surface area (Å²) in [7, 11) is 0. The zero-order valence-corrected chi connectivity index (χ0v) is 14.2. The van der Waals surface area contributed by atoms with E-state index in [1.165, 1.54) is 0 Å². The summed E-state index contributed by atoms with van der Waals surface area (Å²) >= 11 is 1.62. The Balaban J connectivity index is 1.52. The highest BCUT2D eigenvalue weighted by molar-refractivity contribution is 7.10. The van der Waals surface area contributed by atoms with Crippen LogP contribution in [0.3, 0.4) is 0 Å². The smallest absolute Gasteiger partial charge is 0.227 e. The average molecular weight is 336 g/mol. The molecule has 2 saturated heterocycles.